The Bertz CT molecular complexity index is 1440. The summed E-state index contributed by atoms with van der Waals surface area (Å²) >= 11 is 0. The number of nitrogens with one attached hydrogen (secondary N) is 1. The first kappa shape index (κ1) is 22.3. The van der Waals surface area contributed by atoms with Crippen molar-refractivity contribution >= 4 is 11.6 Å². The van der Waals surface area contributed by atoms with Gasteiger partial charge in [0.1, 0.15) is 18.6 Å². The third kappa shape index (κ3) is 4.08. The first-order chi connectivity index (χ1) is 17.5. The van der Waals surface area contributed by atoms with Gasteiger partial charge in [-0.25, -0.2) is 9.97 Å². The van der Waals surface area contributed by atoms with E-state index in [4.69, 9.17) is 9.47 Å². The van der Waals surface area contributed by atoms with Crippen LogP contribution >= 0.6 is 0 Å². The van der Waals surface area contributed by atoms with Crippen LogP contribution in [0.15, 0.2) is 49.3 Å². The number of anilines is 1. The summed E-state index contributed by atoms with van der Waals surface area (Å²) in [5, 5.41) is 11.3. The normalized spacial score (nSPS) is 16.6. The summed E-state index contributed by atoms with van der Waals surface area (Å²) in [7, 11) is 0. The molecule has 4 aromatic rings. The molecular weight excluding hydrogens is 458 g/mol. The molecule has 0 saturated heterocycles. The van der Waals surface area contributed by atoms with E-state index in [1.54, 1.807) is 24.9 Å². The number of ether oxygens (including phenoxy) is 2. The smallest absolute Gasteiger partial charge is 0.274 e. The molecule has 1 N–H and O–H groups in total. The van der Waals surface area contributed by atoms with Crippen molar-refractivity contribution in [2.45, 2.75) is 51.7 Å². The molecular formula is C26H27N7O3. The molecule has 6 rings (SSSR count). The van der Waals surface area contributed by atoms with Crippen LogP contribution < -0.4 is 14.8 Å². The monoisotopic (exact) mass is 485 g/mol. The lowest BCUT2D eigenvalue weighted by molar-refractivity contribution is 0.102. The van der Waals surface area contributed by atoms with Crippen LogP contribution in [0.2, 0.25) is 0 Å². The Labute approximate surface area is 208 Å². The second-order valence-electron chi connectivity index (χ2n) is 9.54. The molecule has 36 heavy (non-hydrogen) atoms. The van der Waals surface area contributed by atoms with Gasteiger partial charge in [-0.2, -0.15) is 0 Å². The summed E-state index contributed by atoms with van der Waals surface area (Å²) in [6, 6.07) is 7.36. The lowest BCUT2D eigenvalue weighted by Crippen LogP contribution is -2.17. The number of nitrogens with zero attached hydrogens (tertiary/aromatic N) is 6. The molecule has 0 spiro atoms. The lowest BCUT2D eigenvalue weighted by Gasteiger charge is -2.16. The number of carbonyl (C=O) groups excluding carboxylic acids is 1. The molecule has 4 heterocycles. The van der Waals surface area contributed by atoms with Gasteiger partial charge in [-0.3, -0.25) is 4.79 Å². The Balaban J connectivity index is 1.33. The van der Waals surface area contributed by atoms with E-state index < -0.39 is 0 Å². The average molecular weight is 486 g/mol. The van der Waals surface area contributed by atoms with Crippen molar-refractivity contribution in [3.63, 3.8) is 0 Å². The molecule has 3 aromatic heterocycles. The first-order valence-electron chi connectivity index (χ1n) is 12.2. The second kappa shape index (κ2) is 8.78. The number of imidazole rings is 1. The van der Waals surface area contributed by atoms with E-state index in [0.717, 1.165) is 24.1 Å². The molecule has 184 valence electrons. The quantitative estimate of drug-likeness (QED) is 0.431. The molecule has 1 atom stereocenters. The van der Waals surface area contributed by atoms with E-state index in [1.807, 2.05) is 54.3 Å². The van der Waals surface area contributed by atoms with Gasteiger partial charge in [-0.1, -0.05) is 6.07 Å². The molecule has 1 aliphatic heterocycles. The Morgan fingerprint density at radius 3 is 2.89 bits per heavy atom. The van der Waals surface area contributed by atoms with Gasteiger partial charge in [-0.15, -0.1) is 10.2 Å². The Kier molecular flexibility index (Phi) is 5.43. The lowest BCUT2D eigenvalue weighted by atomic mass is 10.1. The van der Waals surface area contributed by atoms with Crippen LogP contribution in [0.4, 0.5) is 5.69 Å². The molecule has 0 radical (unpaired) electrons. The summed E-state index contributed by atoms with van der Waals surface area (Å²) < 4.78 is 16.0. The number of rotatable bonds is 6. The van der Waals surface area contributed by atoms with Gasteiger partial charge in [0, 0.05) is 12.1 Å². The molecule has 1 aliphatic carbocycles. The maximum atomic E-state index is 13.4. The zero-order valence-electron chi connectivity index (χ0n) is 20.4. The predicted octanol–water partition coefficient (Wildman–Crippen LogP) is 4.40. The summed E-state index contributed by atoms with van der Waals surface area (Å²) in [6.07, 6.45) is 9.33. The van der Waals surface area contributed by atoms with Gasteiger partial charge in [0.05, 0.1) is 47.3 Å². The molecule has 0 bridgehead atoms. The SMILES string of the molecule is CC(C)Oc1cnc(C(=O)Nc2cccc3c2OC[C@H](C)n2cnnc2-3)cc1-n1cnc(C2CC2)c1. The highest BCUT2D eigenvalue weighted by atomic mass is 16.5. The molecule has 0 unspecified atom stereocenters. The fraction of sp³-hybridized carbons (Fsp3) is 0.346. The fourth-order valence-corrected chi connectivity index (χ4v) is 4.36. The van der Waals surface area contributed by atoms with E-state index in [1.165, 1.54) is 0 Å². The number of carbonyl (C=O) groups is 1. The zero-order chi connectivity index (χ0) is 24.8. The highest BCUT2D eigenvalue weighted by molar-refractivity contribution is 6.04. The minimum absolute atomic E-state index is 0.0435. The van der Waals surface area contributed by atoms with Crippen molar-refractivity contribution < 1.29 is 14.3 Å². The van der Waals surface area contributed by atoms with Gasteiger partial charge >= 0.3 is 0 Å². The van der Waals surface area contributed by atoms with E-state index >= 15 is 0 Å². The largest absolute Gasteiger partial charge is 0.488 e. The van der Waals surface area contributed by atoms with Gasteiger partial charge in [0.25, 0.3) is 5.91 Å². The van der Waals surface area contributed by atoms with Crippen LogP contribution in [-0.2, 0) is 0 Å². The number of aromatic nitrogens is 6. The average Bonchev–Trinajstić information content (AvgIpc) is 3.42. The van der Waals surface area contributed by atoms with Crippen molar-refractivity contribution in [3.05, 3.63) is 60.7 Å². The number of amides is 1. The van der Waals surface area contributed by atoms with E-state index in [9.17, 15) is 4.79 Å². The van der Waals surface area contributed by atoms with Crippen LogP contribution in [-0.4, -0.2) is 47.9 Å². The summed E-state index contributed by atoms with van der Waals surface area (Å²) in [4.78, 5) is 22.3. The molecule has 2 aliphatic rings. The summed E-state index contributed by atoms with van der Waals surface area (Å²) in [5.41, 5.74) is 3.35. The zero-order valence-corrected chi connectivity index (χ0v) is 20.4. The topological polar surface area (TPSA) is 109 Å². The minimum atomic E-state index is -0.356. The van der Waals surface area contributed by atoms with Crippen LogP contribution in [0.25, 0.3) is 17.1 Å². The second-order valence-corrected chi connectivity index (χ2v) is 9.54. The maximum Gasteiger partial charge on any atom is 0.274 e. The number of fused-ring (bicyclic) bond motifs is 3. The number of pyridine rings is 1. The van der Waals surface area contributed by atoms with E-state index in [0.29, 0.717) is 41.2 Å². The maximum absolute atomic E-state index is 13.4. The van der Waals surface area contributed by atoms with Crippen molar-refractivity contribution in [1.29, 1.82) is 0 Å². The van der Waals surface area contributed by atoms with Gasteiger partial charge in [0.15, 0.2) is 17.3 Å². The summed E-state index contributed by atoms with van der Waals surface area (Å²) in [5.74, 6) is 2.02. The number of para-hydroxylation sites is 1. The third-order valence-corrected chi connectivity index (χ3v) is 6.34. The van der Waals surface area contributed by atoms with Crippen molar-refractivity contribution in [1.82, 2.24) is 29.3 Å². The van der Waals surface area contributed by atoms with Crippen LogP contribution in [0.3, 0.4) is 0 Å². The van der Waals surface area contributed by atoms with Gasteiger partial charge < -0.3 is 23.9 Å². The molecule has 1 amide bonds. The minimum Gasteiger partial charge on any atom is -0.488 e. The third-order valence-electron chi connectivity index (χ3n) is 6.34. The number of hydrogen-bond donors (Lipinski definition) is 1. The number of benzene rings is 1. The first-order valence-corrected chi connectivity index (χ1v) is 12.2. The van der Waals surface area contributed by atoms with Gasteiger partial charge in [0.2, 0.25) is 0 Å². The fourth-order valence-electron chi connectivity index (χ4n) is 4.36. The van der Waals surface area contributed by atoms with Crippen LogP contribution in [0.5, 0.6) is 11.5 Å². The highest BCUT2D eigenvalue weighted by Crippen LogP contribution is 2.40. The Morgan fingerprint density at radius 2 is 2.08 bits per heavy atom. The predicted molar refractivity (Wildman–Crippen MR) is 133 cm³/mol. The van der Waals surface area contributed by atoms with Crippen LogP contribution in [0.1, 0.15) is 61.8 Å². The molecule has 1 saturated carbocycles. The van der Waals surface area contributed by atoms with Gasteiger partial charge in [-0.05, 0) is 51.8 Å². The summed E-state index contributed by atoms with van der Waals surface area (Å²) in [6.45, 7) is 6.37. The highest BCUT2D eigenvalue weighted by Gasteiger charge is 2.27. The van der Waals surface area contributed by atoms with Crippen molar-refractivity contribution in [2.75, 3.05) is 11.9 Å². The molecule has 10 nitrogen and oxygen atoms in total. The van der Waals surface area contributed by atoms with Crippen molar-refractivity contribution in [2.24, 2.45) is 0 Å². The number of hydrogen-bond acceptors (Lipinski definition) is 7. The Hall–Kier alpha value is -4.21. The van der Waals surface area contributed by atoms with Crippen LogP contribution in [0, 0.1) is 0 Å². The molecule has 10 heteroatoms. The Morgan fingerprint density at radius 1 is 1.22 bits per heavy atom. The molecule has 1 fully saturated rings. The van der Waals surface area contributed by atoms with E-state index in [-0.39, 0.29) is 23.7 Å². The standard InChI is InChI=1S/C26H27N7O3/c1-15(2)36-23-10-27-20(9-22(23)32-11-21(28-13-32)17-7-8-17)26(34)30-19-6-4-5-18-24(19)35-12-16(3)33-14-29-31-25(18)33/h4-6,9-11,13-17H,7-8,12H2,1-3H3,(H,30,34)/t16-/m0/s1. The van der Waals surface area contributed by atoms with Crippen molar-refractivity contribution in [3.8, 4) is 28.6 Å². The molecule has 1 aromatic carbocycles. The van der Waals surface area contributed by atoms with E-state index in [2.05, 4.69) is 25.5 Å².